The van der Waals surface area contributed by atoms with Crippen LogP contribution in [0.1, 0.15) is 33.6 Å². The fraction of sp³-hybridized carbons (Fsp3) is 0.778. The molecule has 1 rings (SSSR count). The van der Waals surface area contributed by atoms with E-state index in [1.165, 1.54) is 6.42 Å². The third kappa shape index (κ3) is 1.53. The van der Waals surface area contributed by atoms with Gasteiger partial charge in [0.2, 0.25) is 0 Å². The molecular formula is C9H16O. The lowest BCUT2D eigenvalue weighted by Crippen LogP contribution is -2.23. The summed E-state index contributed by atoms with van der Waals surface area (Å²) in [5.74, 6) is 1.80. The van der Waals surface area contributed by atoms with E-state index in [0.717, 1.165) is 12.2 Å². The van der Waals surface area contributed by atoms with E-state index in [0.29, 0.717) is 12.0 Å². The van der Waals surface area contributed by atoms with E-state index >= 15 is 0 Å². The Kier molecular flexibility index (Phi) is 2.36. The van der Waals surface area contributed by atoms with Gasteiger partial charge in [0, 0.05) is 0 Å². The van der Waals surface area contributed by atoms with Gasteiger partial charge in [0.1, 0.15) is 6.10 Å². The maximum Gasteiger partial charge on any atom is 0.101 e. The first-order valence-corrected chi connectivity index (χ1v) is 4.07. The average molecular weight is 140 g/mol. The molecule has 1 nitrogen and oxygen atoms in total. The topological polar surface area (TPSA) is 9.23 Å². The standard InChI is InChI=1S/C9H16O/c1-4-9-7(2)5-6-8(3)10-9/h6-7,9H,4-5H2,1-3H3. The van der Waals surface area contributed by atoms with Crippen molar-refractivity contribution in [1.82, 2.24) is 0 Å². The molecule has 0 amide bonds. The van der Waals surface area contributed by atoms with Crippen LogP contribution in [-0.4, -0.2) is 6.10 Å². The van der Waals surface area contributed by atoms with Crippen molar-refractivity contribution in [3.05, 3.63) is 11.8 Å². The molecular weight excluding hydrogens is 124 g/mol. The molecule has 1 heteroatoms. The highest BCUT2D eigenvalue weighted by Gasteiger charge is 2.19. The van der Waals surface area contributed by atoms with Crippen LogP contribution in [0.5, 0.6) is 0 Å². The molecule has 2 atom stereocenters. The summed E-state index contributed by atoms with van der Waals surface area (Å²) in [6, 6.07) is 0. The summed E-state index contributed by atoms with van der Waals surface area (Å²) in [4.78, 5) is 0. The van der Waals surface area contributed by atoms with E-state index in [1.54, 1.807) is 0 Å². The summed E-state index contributed by atoms with van der Waals surface area (Å²) in [6.45, 7) is 6.46. The summed E-state index contributed by atoms with van der Waals surface area (Å²) < 4.78 is 5.61. The van der Waals surface area contributed by atoms with Crippen molar-refractivity contribution >= 4 is 0 Å². The minimum Gasteiger partial charge on any atom is -0.495 e. The van der Waals surface area contributed by atoms with E-state index in [2.05, 4.69) is 19.9 Å². The number of allylic oxidation sites excluding steroid dienone is 2. The zero-order chi connectivity index (χ0) is 7.56. The lowest BCUT2D eigenvalue weighted by atomic mass is 9.96. The molecule has 0 spiro atoms. The maximum absolute atomic E-state index is 5.61. The highest BCUT2D eigenvalue weighted by atomic mass is 16.5. The third-order valence-electron chi connectivity index (χ3n) is 2.15. The van der Waals surface area contributed by atoms with E-state index in [1.807, 2.05) is 6.92 Å². The molecule has 0 aliphatic carbocycles. The van der Waals surface area contributed by atoms with Crippen molar-refractivity contribution in [3.8, 4) is 0 Å². The molecule has 0 fully saturated rings. The minimum atomic E-state index is 0.463. The van der Waals surface area contributed by atoms with Gasteiger partial charge in [-0.15, -0.1) is 0 Å². The normalized spacial score (nSPS) is 32.9. The smallest absolute Gasteiger partial charge is 0.101 e. The first kappa shape index (κ1) is 7.64. The molecule has 10 heavy (non-hydrogen) atoms. The minimum absolute atomic E-state index is 0.463. The van der Waals surface area contributed by atoms with Crippen LogP contribution in [-0.2, 0) is 4.74 Å². The highest BCUT2D eigenvalue weighted by molar-refractivity contribution is 4.96. The second-order valence-electron chi connectivity index (χ2n) is 3.09. The molecule has 0 saturated heterocycles. The monoisotopic (exact) mass is 140 g/mol. The predicted molar refractivity (Wildman–Crippen MR) is 42.7 cm³/mol. The van der Waals surface area contributed by atoms with Crippen molar-refractivity contribution < 1.29 is 4.74 Å². The van der Waals surface area contributed by atoms with Crippen LogP contribution in [0.15, 0.2) is 11.8 Å². The van der Waals surface area contributed by atoms with Crippen molar-refractivity contribution in [2.75, 3.05) is 0 Å². The van der Waals surface area contributed by atoms with Crippen LogP contribution in [0.3, 0.4) is 0 Å². The van der Waals surface area contributed by atoms with E-state index in [4.69, 9.17) is 4.74 Å². The van der Waals surface area contributed by atoms with Crippen LogP contribution in [0, 0.1) is 5.92 Å². The van der Waals surface area contributed by atoms with Crippen LogP contribution in [0.25, 0.3) is 0 Å². The SMILES string of the molecule is CCC1OC(C)=CCC1C. The van der Waals surface area contributed by atoms with E-state index in [-0.39, 0.29) is 0 Å². The van der Waals surface area contributed by atoms with Crippen LogP contribution >= 0.6 is 0 Å². The number of rotatable bonds is 1. The largest absolute Gasteiger partial charge is 0.495 e. The van der Waals surface area contributed by atoms with Gasteiger partial charge >= 0.3 is 0 Å². The van der Waals surface area contributed by atoms with Gasteiger partial charge in [0.05, 0.1) is 5.76 Å². The molecule has 0 aromatic carbocycles. The molecule has 2 unspecified atom stereocenters. The summed E-state index contributed by atoms with van der Waals surface area (Å²) in [6.07, 6.45) is 4.96. The molecule has 1 aliphatic heterocycles. The lowest BCUT2D eigenvalue weighted by molar-refractivity contribution is 0.0541. The Labute approximate surface area is 63.1 Å². The molecule has 0 saturated carbocycles. The summed E-state index contributed by atoms with van der Waals surface area (Å²) >= 11 is 0. The molecule has 0 aromatic heterocycles. The van der Waals surface area contributed by atoms with Crippen LogP contribution in [0.2, 0.25) is 0 Å². The molecule has 0 aromatic rings. The van der Waals surface area contributed by atoms with Crippen LogP contribution in [0.4, 0.5) is 0 Å². The van der Waals surface area contributed by atoms with Crippen molar-refractivity contribution in [3.63, 3.8) is 0 Å². The lowest BCUT2D eigenvalue weighted by Gasteiger charge is -2.27. The number of ether oxygens (including phenoxy) is 1. The van der Waals surface area contributed by atoms with Crippen LogP contribution < -0.4 is 0 Å². The second kappa shape index (κ2) is 3.09. The van der Waals surface area contributed by atoms with Gasteiger partial charge in [-0.05, 0) is 31.8 Å². The zero-order valence-electron chi connectivity index (χ0n) is 7.05. The Morgan fingerprint density at radius 3 is 2.90 bits per heavy atom. The van der Waals surface area contributed by atoms with Crippen molar-refractivity contribution in [2.45, 2.75) is 39.7 Å². The van der Waals surface area contributed by atoms with Gasteiger partial charge in [-0.3, -0.25) is 0 Å². The van der Waals surface area contributed by atoms with Crippen molar-refractivity contribution in [1.29, 1.82) is 0 Å². The Hall–Kier alpha value is -0.460. The Balaban J connectivity index is 2.53. The van der Waals surface area contributed by atoms with Crippen molar-refractivity contribution in [2.24, 2.45) is 5.92 Å². The summed E-state index contributed by atoms with van der Waals surface area (Å²) in [5, 5.41) is 0. The summed E-state index contributed by atoms with van der Waals surface area (Å²) in [7, 11) is 0. The van der Waals surface area contributed by atoms with Gasteiger partial charge in [0.25, 0.3) is 0 Å². The highest BCUT2D eigenvalue weighted by Crippen LogP contribution is 2.23. The Morgan fingerprint density at radius 1 is 1.70 bits per heavy atom. The van der Waals surface area contributed by atoms with Gasteiger partial charge < -0.3 is 4.74 Å². The average Bonchev–Trinajstić information content (AvgIpc) is 1.94. The fourth-order valence-electron chi connectivity index (χ4n) is 1.39. The zero-order valence-corrected chi connectivity index (χ0v) is 7.05. The molecule has 0 N–H and O–H groups in total. The summed E-state index contributed by atoms with van der Waals surface area (Å²) in [5.41, 5.74) is 0. The number of hydrogen-bond acceptors (Lipinski definition) is 1. The molecule has 0 bridgehead atoms. The Morgan fingerprint density at radius 2 is 2.40 bits per heavy atom. The first-order chi connectivity index (χ1) is 4.74. The van der Waals surface area contributed by atoms with E-state index < -0.39 is 0 Å². The van der Waals surface area contributed by atoms with Gasteiger partial charge in [-0.25, -0.2) is 0 Å². The maximum atomic E-state index is 5.61. The van der Waals surface area contributed by atoms with Gasteiger partial charge in [-0.2, -0.15) is 0 Å². The predicted octanol–water partition coefficient (Wildman–Crippen LogP) is 2.73. The van der Waals surface area contributed by atoms with E-state index in [9.17, 15) is 0 Å². The molecule has 0 radical (unpaired) electrons. The Bertz CT molecular complexity index is 138. The molecule has 1 aliphatic rings. The molecule has 58 valence electrons. The number of hydrogen-bond donors (Lipinski definition) is 0. The van der Waals surface area contributed by atoms with Gasteiger partial charge in [0.15, 0.2) is 0 Å². The quantitative estimate of drug-likeness (QED) is 0.544. The van der Waals surface area contributed by atoms with Gasteiger partial charge in [-0.1, -0.05) is 13.8 Å². The second-order valence-corrected chi connectivity index (χ2v) is 3.09. The fourth-order valence-corrected chi connectivity index (χ4v) is 1.39. The third-order valence-corrected chi connectivity index (χ3v) is 2.15. The molecule has 1 heterocycles. The first-order valence-electron chi connectivity index (χ1n) is 4.07.